The van der Waals surface area contributed by atoms with E-state index in [1.54, 1.807) is 21.9 Å². The minimum atomic E-state index is -0.414. The van der Waals surface area contributed by atoms with E-state index in [2.05, 4.69) is 0 Å². The van der Waals surface area contributed by atoms with Gasteiger partial charge in [0.1, 0.15) is 5.82 Å². The molecule has 0 spiro atoms. The zero-order chi connectivity index (χ0) is 18.7. The molecule has 26 heavy (non-hydrogen) atoms. The van der Waals surface area contributed by atoms with Gasteiger partial charge in [-0.25, -0.2) is 4.39 Å². The average molecular weight is 379 g/mol. The number of benzene rings is 1. The van der Waals surface area contributed by atoms with E-state index in [4.69, 9.17) is 0 Å². The van der Waals surface area contributed by atoms with Gasteiger partial charge in [-0.3, -0.25) is 14.4 Å². The number of carbonyl (C=O) groups is 3. The number of ketones is 1. The van der Waals surface area contributed by atoms with E-state index in [9.17, 15) is 18.8 Å². The van der Waals surface area contributed by atoms with Crippen molar-refractivity contribution >= 4 is 34.4 Å². The quantitative estimate of drug-likeness (QED) is 0.735. The largest absolute Gasteiger partial charge is 0.366 e. The Kier molecular flexibility index (Phi) is 5.80. The molecule has 0 saturated carbocycles. The summed E-state index contributed by atoms with van der Waals surface area (Å²) < 4.78 is 14.3. The highest BCUT2D eigenvalue weighted by molar-refractivity contribution is 8.13. The standard InChI is InChI=1S/C18H22FN3O3S/c1-13(23)14-2-3-16(15(19)12-14)20-6-8-21(9-7-20)17(24)4-5-22-10-11-26-18(22)25/h2-3,12H,4-11H2,1H3. The molecule has 2 saturated heterocycles. The van der Waals surface area contributed by atoms with E-state index in [1.807, 2.05) is 4.90 Å². The summed E-state index contributed by atoms with van der Waals surface area (Å²) in [6, 6.07) is 4.52. The molecule has 0 bridgehead atoms. The molecule has 0 N–H and O–H groups in total. The van der Waals surface area contributed by atoms with Crippen molar-refractivity contribution in [1.29, 1.82) is 0 Å². The molecule has 0 aliphatic carbocycles. The van der Waals surface area contributed by atoms with Crippen LogP contribution in [0.1, 0.15) is 23.7 Å². The topological polar surface area (TPSA) is 60.9 Å². The highest BCUT2D eigenvalue weighted by atomic mass is 32.2. The molecule has 0 atom stereocenters. The third-order valence-electron chi connectivity index (χ3n) is 4.77. The first kappa shape index (κ1) is 18.7. The Balaban J connectivity index is 1.51. The fourth-order valence-corrected chi connectivity index (χ4v) is 4.05. The monoisotopic (exact) mass is 379 g/mol. The molecule has 140 valence electrons. The van der Waals surface area contributed by atoms with E-state index in [-0.39, 0.29) is 16.9 Å². The number of rotatable bonds is 5. The van der Waals surface area contributed by atoms with Crippen LogP contribution in [0.3, 0.4) is 0 Å². The molecule has 2 aliphatic heterocycles. The summed E-state index contributed by atoms with van der Waals surface area (Å²) in [4.78, 5) is 40.6. The zero-order valence-corrected chi connectivity index (χ0v) is 15.6. The highest BCUT2D eigenvalue weighted by Crippen LogP contribution is 2.23. The van der Waals surface area contributed by atoms with Crippen molar-refractivity contribution in [1.82, 2.24) is 9.80 Å². The van der Waals surface area contributed by atoms with E-state index in [0.29, 0.717) is 56.9 Å². The Hall–Kier alpha value is -2.09. The van der Waals surface area contributed by atoms with Crippen LogP contribution < -0.4 is 4.90 Å². The maximum absolute atomic E-state index is 14.3. The zero-order valence-electron chi connectivity index (χ0n) is 14.7. The lowest BCUT2D eigenvalue weighted by atomic mass is 10.1. The van der Waals surface area contributed by atoms with Crippen LogP contribution in [0, 0.1) is 5.82 Å². The van der Waals surface area contributed by atoms with Gasteiger partial charge in [0.2, 0.25) is 5.91 Å². The lowest BCUT2D eigenvalue weighted by Crippen LogP contribution is -2.49. The predicted molar refractivity (Wildman–Crippen MR) is 99.2 cm³/mol. The van der Waals surface area contributed by atoms with Gasteiger partial charge in [0.15, 0.2) is 5.78 Å². The number of carbonyl (C=O) groups excluding carboxylic acids is 3. The molecule has 0 aromatic heterocycles. The smallest absolute Gasteiger partial charge is 0.281 e. The number of thioether (sulfide) groups is 1. The third-order valence-corrected chi connectivity index (χ3v) is 5.66. The van der Waals surface area contributed by atoms with Crippen molar-refractivity contribution in [2.24, 2.45) is 0 Å². The number of nitrogens with zero attached hydrogens (tertiary/aromatic N) is 3. The summed E-state index contributed by atoms with van der Waals surface area (Å²) in [6.07, 6.45) is 0.327. The summed E-state index contributed by atoms with van der Waals surface area (Å²) in [5, 5.41) is 0.0482. The van der Waals surface area contributed by atoms with E-state index in [1.165, 1.54) is 24.8 Å². The Morgan fingerprint density at radius 2 is 1.88 bits per heavy atom. The van der Waals surface area contributed by atoms with E-state index >= 15 is 0 Å². The summed E-state index contributed by atoms with van der Waals surface area (Å²) in [6.45, 7) is 4.71. The van der Waals surface area contributed by atoms with Gasteiger partial charge in [-0.2, -0.15) is 0 Å². The van der Waals surface area contributed by atoms with Crippen LogP contribution in [0.2, 0.25) is 0 Å². The average Bonchev–Trinajstić information content (AvgIpc) is 3.04. The predicted octanol–water partition coefficient (Wildman–Crippen LogP) is 2.24. The molecule has 2 amide bonds. The van der Waals surface area contributed by atoms with Gasteiger partial charge in [0, 0.05) is 57.0 Å². The number of hydrogen-bond donors (Lipinski definition) is 0. The summed E-state index contributed by atoms with van der Waals surface area (Å²) >= 11 is 1.29. The molecule has 1 aromatic carbocycles. The summed E-state index contributed by atoms with van der Waals surface area (Å²) in [5.74, 6) is 0.240. The van der Waals surface area contributed by atoms with Gasteiger partial charge >= 0.3 is 0 Å². The molecule has 2 fully saturated rings. The highest BCUT2D eigenvalue weighted by Gasteiger charge is 2.25. The van der Waals surface area contributed by atoms with Gasteiger partial charge < -0.3 is 14.7 Å². The molecule has 6 nitrogen and oxygen atoms in total. The molecule has 1 aromatic rings. The fraction of sp³-hybridized carbons (Fsp3) is 0.500. The minimum absolute atomic E-state index is 0.0294. The number of amides is 2. The fourth-order valence-electron chi connectivity index (χ4n) is 3.20. The van der Waals surface area contributed by atoms with Crippen molar-refractivity contribution in [3.8, 4) is 0 Å². The van der Waals surface area contributed by atoms with E-state index < -0.39 is 5.82 Å². The third kappa shape index (κ3) is 4.17. The normalized spacial score (nSPS) is 17.8. The maximum atomic E-state index is 14.3. The van der Waals surface area contributed by atoms with Crippen LogP contribution in [0.4, 0.5) is 14.9 Å². The van der Waals surface area contributed by atoms with Crippen LogP contribution in [0.15, 0.2) is 18.2 Å². The van der Waals surface area contributed by atoms with Gasteiger partial charge in [-0.15, -0.1) is 0 Å². The molecule has 3 rings (SSSR count). The van der Waals surface area contributed by atoms with Gasteiger partial charge in [-0.05, 0) is 25.1 Å². The van der Waals surface area contributed by atoms with Crippen molar-refractivity contribution in [2.45, 2.75) is 13.3 Å². The van der Waals surface area contributed by atoms with Crippen molar-refractivity contribution in [3.05, 3.63) is 29.6 Å². The molecular formula is C18H22FN3O3S. The van der Waals surface area contributed by atoms with Crippen LogP contribution >= 0.6 is 11.8 Å². The Bertz CT molecular complexity index is 720. The summed E-state index contributed by atoms with van der Waals surface area (Å²) in [7, 11) is 0. The first-order chi connectivity index (χ1) is 12.5. The first-order valence-corrected chi connectivity index (χ1v) is 9.69. The SMILES string of the molecule is CC(=O)c1ccc(N2CCN(C(=O)CCN3CCSC3=O)CC2)c(F)c1. The lowest BCUT2D eigenvalue weighted by Gasteiger charge is -2.36. The van der Waals surface area contributed by atoms with Gasteiger partial charge in [0.05, 0.1) is 5.69 Å². The Labute approximate surface area is 156 Å². The second-order valence-corrected chi connectivity index (χ2v) is 7.49. The molecule has 2 heterocycles. The van der Waals surface area contributed by atoms with Crippen LogP contribution in [-0.2, 0) is 4.79 Å². The first-order valence-electron chi connectivity index (χ1n) is 8.70. The van der Waals surface area contributed by atoms with Gasteiger partial charge in [-0.1, -0.05) is 11.8 Å². The number of piperazine rings is 1. The molecule has 8 heteroatoms. The maximum Gasteiger partial charge on any atom is 0.281 e. The molecule has 2 aliphatic rings. The van der Waals surface area contributed by atoms with Crippen molar-refractivity contribution in [2.75, 3.05) is 49.9 Å². The Morgan fingerprint density at radius 1 is 1.15 bits per heavy atom. The van der Waals surface area contributed by atoms with E-state index in [0.717, 1.165) is 5.75 Å². The number of hydrogen-bond acceptors (Lipinski definition) is 5. The summed E-state index contributed by atoms with van der Waals surface area (Å²) in [5.41, 5.74) is 0.816. The van der Waals surface area contributed by atoms with Crippen LogP contribution in [0.5, 0.6) is 0 Å². The second-order valence-electron chi connectivity index (χ2n) is 6.44. The van der Waals surface area contributed by atoms with Crippen LogP contribution in [-0.4, -0.2) is 71.8 Å². The number of halogens is 1. The molecule has 0 radical (unpaired) electrons. The van der Waals surface area contributed by atoms with Gasteiger partial charge in [0.25, 0.3) is 5.24 Å². The van der Waals surface area contributed by atoms with Crippen molar-refractivity contribution in [3.63, 3.8) is 0 Å². The lowest BCUT2D eigenvalue weighted by molar-refractivity contribution is -0.131. The van der Waals surface area contributed by atoms with Crippen LogP contribution in [0.25, 0.3) is 0 Å². The molecular weight excluding hydrogens is 357 g/mol. The molecule has 0 unspecified atom stereocenters. The number of anilines is 1. The Morgan fingerprint density at radius 3 is 2.46 bits per heavy atom. The van der Waals surface area contributed by atoms with Crippen molar-refractivity contribution < 1.29 is 18.8 Å². The minimum Gasteiger partial charge on any atom is -0.366 e. The second kappa shape index (κ2) is 8.07. The number of Topliss-reactive ketones (excluding diaryl/α,β-unsaturated/α-hetero) is 1.